The summed E-state index contributed by atoms with van der Waals surface area (Å²) < 4.78 is 0. The summed E-state index contributed by atoms with van der Waals surface area (Å²) in [5, 5.41) is 0. The fourth-order valence-corrected chi connectivity index (χ4v) is 0. The van der Waals surface area contributed by atoms with Gasteiger partial charge in [-0.15, -0.1) is 0 Å². The van der Waals surface area contributed by atoms with E-state index in [1.54, 1.807) is 0 Å². The first-order valence-electron chi connectivity index (χ1n) is 1.33. The Balaban J connectivity index is 0. The van der Waals surface area contributed by atoms with E-state index in [4.69, 9.17) is 0 Å². The summed E-state index contributed by atoms with van der Waals surface area (Å²) in [7, 11) is 4.49. The second kappa shape index (κ2) is 9.35. The molecular formula is C4H7ClPd+. The van der Waals surface area contributed by atoms with Crippen molar-refractivity contribution in [2.24, 2.45) is 0 Å². The average molecular weight is 197 g/mol. The molecule has 0 N–H and O–H groups in total. The van der Waals surface area contributed by atoms with Crippen LogP contribution in [-0.4, -0.2) is 0 Å². The van der Waals surface area contributed by atoms with Gasteiger partial charge in [-0.3, -0.25) is 0 Å². The molecule has 0 spiro atoms. The van der Waals surface area contributed by atoms with Gasteiger partial charge >= 0.3 is 27.7 Å². The van der Waals surface area contributed by atoms with Crippen LogP contribution in [0.3, 0.4) is 0 Å². The van der Waals surface area contributed by atoms with Crippen LogP contribution < -0.4 is 0 Å². The summed E-state index contributed by atoms with van der Waals surface area (Å²) in [5.41, 5.74) is 0. The Kier molecular flexibility index (Phi) is 15.6. The maximum atomic E-state index is 4.49. The molecule has 0 rings (SSSR count). The monoisotopic (exact) mass is 196 g/mol. The Labute approximate surface area is 54.6 Å². The van der Waals surface area contributed by atoms with Crippen molar-refractivity contribution >= 4 is 9.53 Å². The number of hydrogen-bond donors (Lipinski definition) is 0. The van der Waals surface area contributed by atoms with E-state index < -0.39 is 0 Å². The predicted molar refractivity (Wildman–Crippen MR) is 25.5 cm³/mol. The van der Waals surface area contributed by atoms with E-state index in [0.29, 0.717) is 0 Å². The molecule has 39 valence electrons. The van der Waals surface area contributed by atoms with Gasteiger partial charge < -0.3 is 0 Å². The van der Waals surface area contributed by atoms with Gasteiger partial charge in [0.25, 0.3) is 0 Å². The maximum absolute atomic E-state index is 4.49. The van der Waals surface area contributed by atoms with Gasteiger partial charge in [-0.05, 0) is 19.8 Å². The Hall–Kier alpha value is 0.952. The zero-order valence-electron chi connectivity index (χ0n) is 3.61. The van der Waals surface area contributed by atoms with Crippen LogP contribution in [0.1, 0.15) is 6.92 Å². The third-order valence-electron chi connectivity index (χ3n) is 0. The number of halogens is 1. The first-order valence-corrected chi connectivity index (χ1v) is 3.33. The van der Waals surface area contributed by atoms with Crippen LogP contribution in [0.4, 0.5) is 0 Å². The summed E-state index contributed by atoms with van der Waals surface area (Å²) in [5.74, 6) is 0.917. The van der Waals surface area contributed by atoms with Crippen LogP contribution in [0.2, 0.25) is 0 Å². The molecule has 2 heteroatoms. The molecule has 0 aromatic rings. The summed E-state index contributed by atoms with van der Waals surface area (Å²) in [6.07, 6.45) is 0. The van der Waals surface area contributed by atoms with Gasteiger partial charge in [0, 0.05) is 0 Å². The predicted octanol–water partition coefficient (Wildman–Crippen LogP) is 1.94. The molecule has 0 amide bonds. The van der Waals surface area contributed by atoms with E-state index in [1.165, 1.54) is 0 Å². The Morgan fingerprint density at radius 2 is 1.50 bits per heavy atom. The first kappa shape index (κ1) is 10.0. The molecule has 0 aromatic heterocycles. The molecule has 0 aromatic carbocycles. The second-order valence-corrected chi connectivity index (χ2v) is 0.957. The second-order valence-electron chi connectivity index (χ2n) is 0.957. The molecule has 0 aliphatic heterocycles. The third-order valence-corrected chi connectivity index (χ3v) is 0. The zero-order valence-corrected chi connectivity index (χ0v) is 5.92. The Morgan fingerprint density at radius 1 is 1.50 bits per heavy atom. The molecular weight excluding hydrogens is 190 g/mol. The average Bonchev–Trinajstić information content (AvgIpc) is 1.41. The molecule has 0 nitrogen and oxygen atoms in total. The van der Waals surface area contributed by atoms with E-state index in [1.807, 2.05) is 6.92 Å². The third kappa shape index (κ3) is 85.3. The van der Waals surface area contributed by atoms with Gasteiger partial charge in [-0.25, -0.2) is 0 Å². The molecule has 0 unspecified atom stereocenters. The van der Waals surface area contributed by atoms with Crippen molar-refractivity contribution in [3.8, 4) is 0 Å². The standard InChI is InChI=1S/C4H7.ClH.Pd/c1-4(2)3;;/h1-2H2,3H3;1H;/q;;+2/p-1. The molecule has 0 saturated heterocycles. The quantitative estimate of drug-likeness (QED) is 0.520. The first-order chi connectivity index (χ1) is 2.73. The molecule has 0 atom stereocenters. The van der Waals surface area contributed by atoms with E-state index in [-0.39, 0.29) is 0 Å². The summed E-state index contributed by atoms with van der Waals surface area (Å²) >= 11 is 2.22. The van der Waals surface area contributed by atoms with Crippen LogP contribution in [0.5, 0.6) is 0 Å². The molecule has 3 radical (unpaired) electrons. The van der Waals surface area contributed by atoms with Crippen molar-refractivity contribution < 1.29 is 18.2 Å². The molecule has 0 heterocycles. The van der Waals surface area contributed by atoms with Gasteiger partial charge in [0.15, 0.2) is 0 Å². The van der Waals surface area contributed by atoms with Crippen LogP contribution >= 0.6 is 9.53 Å². The van der Waals surface area contributed by atoms with Crippen molar-refractivity contribution in [3.63, 3.8) is 0 Å². The zero-order chi connectivity index (χ0) is 5.58. The Bertz CT molecular complexity index is 12.3. The topological polar surface area (TPSA) is 0 Å². The fraction of sp³-hybridized carbons (Fsp3) is 0.250. The van der Waals surface area contributed by atoms with E-state index >= 15 is 0 Å². The summed E-state index contributed by atoms with van der Waals surface area (Å²) in [4.78, 5) is 0. The van der Waals surface area contributed by atoms with Gasteiger partial charge in [-0.1, -0.05) is 6.92 Å². The van der Waals surface area contributed by atoms with E-state index in [0.717, 1.165) is 5.92 Å². The molecule has 0 aliphatic carbocycles. The SMILES string of the molecule is [CH2][C]([CH2])C.[Cl][Pd+]. The van der Waals surface area contributed by atoms with Gasteiger partial charge in [0.2, 0.25) is 0 Å². The van der Waals surface area contributed by atoms with Crippen molar-refractivity contribution in [1.82, 2.24) is 0 Å². The number of rotatable bonds is 0. The van der Waals surface area contributed by atoms with E-state index in [9.17, 15) is 0 Å². The van der Waals surface area contributed by atoms with Crippen molar-refractivity contribution in [3.05, 3.63) is 19.8 Å². The van der Waals surface area contributed by atoms with Crippen molar-refractivity contribution in [2.45, 2.75) is 6.92 Å². The van der Waals surface area contributed by atoms with Gasteiger partial charge in [-0.2, -0.15) is 0 Å². The van der Waals surface area contributed by atoms with Crippen LogP contribution in [0.15, 0.2) is 0 Å². The van der Waals surface area contributed by atoms with Gasteiger partial charge in [0.1, 0.15) is 0 Å². The normalized spacial score (nSPS) is 7.17. The van der Waals surface area contributed by atoms with Crippen LogP contribution in [0, 0.1) is 19.8 Å². The fourth-order valence-electron chi connectivity index (χ4n) is 0. The number of hydrogen-bond acceptors (Lipinski definition) is 0. The molecule has 6 heavy (non-hydrogen) atoms. The van der Waals surface area contributed by atoms with Crippen molar-refractivity contribution in [2.75, 3.05) is 0 Å². The molecule has 0 fully saturated rings. The van der Waals surface area contributed by atoms with Gasteiger partial charge in [0.05, 0.1) is 0 Å². The minimum atomic E-state index is 0.917. The molecule has 0 saturated carbocycles. The molecule has 0 bridgehead atoms. The van der Waals surface area contributed by atoms with Crippen LogP contribution in [-0.2, 0) is 18.2 Å². The van der Waals surface area contributed by atoms with E-state index in [2.05, 4.69) is 41.6 Å². The van der Waals surface area contributed by atoms with Crippen molar-refractivity contribution in [1.29, 1.82) is 0 Å². The summed E-state index contributed by atoms with van der Waals surface area (Å²) in [6, 6.07) is 0. The summed E-state index contributed by atoms with van der Waals surface area (Å²) in [6.45, 7) is 8.75. The minimum absolute atomic E-state index is 0.917. The Morgan fingerprint density at radius 3 is 1.50 bits per heavy atom. The molecule has 0 aliphatic rings. The van der Waals surface area contributed by atoms with Crippen LogP contribution in [0.25, 0.3) is 0 Å².